The average Bonchev–Trinajstić information content (AvgIpc) is 2.38. The van der Waals surface area contributed by atoms with Crippen LogP contribution in [0, 0.1) is 0 Å². The SMILES string of the molecule is CCCNc1ncccc1CN(C)CCCOC. The number of nitrogens with one attached hydrogen (secondary N) is 1. The number of anilines is 1. The molecule has 1 aromatic rings. The smallest absolute Gasteiger partial charge is 0.130 e. The summed E-state index contributed by atoms with van der Waals surface area (Å²) in [7, 11) is 3.88. The summed E-state index contributed by atoms with van der Waals surface area (Å²) < 4.78 is 5.07. The van der Waals surface area contributed by atoms with E-state index in [0.29, 0.717) is 0 Å². The van der Waals surface area contributed by atoms with Crippen molar-refractivity contribution < 1.29 is 4.74 Å². The molecule has 0 unspecified atom stereocenters. The zero-order valence-corrected chi connectivity index (χ0v) is 11.8. The van der Waals surface area contributed by atoms with Gasteiger partial charge in [0.15, 0.2) is 0 Å². The molecule has 0 aliphatic rings. The molecule has 0 radical (unpaired) electrons. The van der Waals surface area contributed by atoms with Gasteiger partial charge in [-0.3, -0.25) is 0 Å². The second-order valence-corrected chi connectivity index (χ2v) is 4.52. The maximum atomic E-state index is 5.07. The van der Waals surface area contributed by atoms with Gasteiger partial charge < -0.3 is 15.0 Å². The Morgan fingerprint density at radius 3 is 3.00 bits per heavy atom. The maximum Gasteiger partial charge on any atom is 0.130 e. The van der Waals surface area contributed by atoms with Gasteiger partial charge in [-0.05, 0) is 26.0 Å². The molecule has 0 spiro atoms. The summed E-state index contributed by atoms with van der Waals surface area (Å²) in [6.45, 7) is 5.90. The molecule has 1 rings (SSSR count). The van der Waals surface area contributed by atoms with E-state index in [1.807, 2.05) is 12.3 Å². The third kappa shape index (κ3) is 5.47. The summed E-state index contributed by atoms with van der Waals surface area (Å²) in [4.78, 5) is 6.70. The number of hydrogen-bond donors (Lipinski definition) is 1. The van der Waals surface area contributed by atoms with E-state index in [1.165, 1.54) is 5.56 Å². The molecule has 18 heavy (non-hydrogen) atoms. The molecular formula is C14H25N3O. The standard InChI is InChI=1S/C14H25N3O/c1-4-8-15-14-13(7-5-9-16-14)12-17(2)10-6-11-18-3/h5,7,9H,4,6,8,10-12H2,1-3H3,(H,15,16). The zero-order valence-electron chi connectivity index (χ0n) is 11.8. The van der Waals surface area contributed by atoms with E-state index in [1.54, 1.807) is 7.11 Å². The van der Waals surface area contributed by atoms with Crippen LogP contribution < -0.4 is 5.32 Å². The highest BCUT2D eigenvalue weighted by molar-refractivity contribution is 5.43. The van der Waals surface area contributed by atoms with Gasteiger partial charge in [0.25, 0.3) is 0 Å². The summed E-state index contributed by atoms with van der Waals surface area (Å²) in [6, 6.07) is 4.13. The first-order valence-corrected chi connectivity index (χ1v) is 6.63. The number of hydrogen-bond acceptors (Lipinski definition) is 4. The van der Waals surface area contributed by atoms with Gasteiger partial charge in [-0.25, -0.2) is 4.98 Å². The summed E-state index contributed by atoms with van der Waals surface area (Å²) in [6.07, 6.45) is 4.01. The minimum atomic E-state index is 0.818. The maximum absolute atomic E-state index is 5.07. The van der Waals surface area contributed by atoms with Crippen molar-refractivity contribution in [1.29, 1.82) is 0 Å². The van der Waals surface area contributed by atoms with Gasteiger partial charge in [0.05, 0.1) is 0 Å². The first kappa shape index (κ1) is 14.9. The van der Waals surface area contributed by atoms with Gasteiger partial charge in [-0.1, -0.05) is 13.0 Å². The van der Waals surface area contributed by atoms with Gasteiger partial charge >= 0.3 is 0 Å². The van der Waals surface area contributed by atoms with Crippen molar-refractivity contribution in [3.63, 3.8) is 0 Å². The van der Waals surface area contributed by atoms with E-state index in [9.17, 15) is 0 Å². The lowest BCUT2D eigenvalue weighted by atomic mass is 10.2. The Hall–Kier alpha value is -1.13. The number of ether oxygens (including phenoxy) is 1. The highest BCUT2D eigenvalue weighted by Gasteiger charge is 2.05. The molecule has 0 saturated heterocycles. The third-order valence-corrected chi connectivity index (χ3v) is 2.76. The van der Waals surface area contributed by atoms with Crippen LogP contribution in [0.1, 0.15) is 25.3 Å². The van der Waals surface area contributed by atoms with E-state index >= 15 is 0 Å². The van der Waals surface area contributed by atoms with Crippen LogP contribution in [0.4, 0.5) is 5.82 Å². The van der Waals surface area contributed by atoms with Crippen LogP contribution in [-0.4, -0.2) is 43.7 Å². The minimum Gasteiger partial charge on any atom is -0.385 e. The Labute approximate surface area is 110 Å². The van der Waals surface area contributed by atoms with Crippen LogP contribution in [0.15, 0.2) is 18.3 Å². The quantitative estimate of drug-likeness (QED) is 0.684. The second-order valence-electron chi connectivity index (χ2n) is 4.52. The lowest BCUT2D eigenvalue weighted by Gasteiger charge is -2.18. The molecule has 0 aromatic carbocycles. The molecular weight excluding hydrogens is 226 g/mol. The van der Waals surface area contributed by atoms with Crippen molar-refractivity contribution in [2.75, 3.05) is 39.2 Å². The van der Waals surface area contributed by atoms with E-state index in [-0.39, 0.29) is 0 Å². The van der Waals surface area contributed by atoms with Crippen LogP contribution in [-0.2, 0) is 11.3 Å². The monoisotopic (exact) mass is 251 g/mol. The first-order chi connectivity index (χ1) is 8.77. The van der Waals surface area contributed by atoms with Crippen molar-refractivity contribution in [3.05, 3.63) is 23.9 Å². The van der Waals surface area contributed by atoms with Crippen molar-refractivity contribution in [2.24, 2.45) is 0 Å². The van der Waals surface area contributed by atoms with Crippen LogP contribution >= 0.6 is 0 Å². The molecule has 102 valence electrons. The molecule has 0 saturated carbocycles. The molecule has 0 atom stereocenters. The van der Waals surface area contributed by atoms with E-state index in [2.05, 4.69) is 35.2 Å². The van der Waals surface area contributed by atoms with Gasteiger partial charge in [0, 0.05) is 45.1 Å². The Bertz CT molecular complexity index is 331. The Morgan fingerprint density at radius 1 is 1.44 bits per heavy atom. The predicted molar refractivity (Wildman–Crippen MR) is 75.8 cm³/mol. The van der Waals surface area contributed by atoms with Crippen molar-refractivity contribution in [3.8, 4) is 0 Å². The molecule has 0 fully saturated rings. The normalized spacial score (nSPS) is 10.9. The van der Waals surface area contributed by atoms with E-state index in [0.717, 1.165) is 44.9 Å². The topological polar surface area (TPSA) is 37.4 Å². The largest absolute Gasteiger partial charge is 0.385 e. The predicted octanol–water partition coefficient (Wildman–Crippen LogP) is 2.37. The number of rotatable bonds is 9. The van der Waals surface area contributed by atoms with Crippen molar-refractivity contribution in [2.45, 2.75) is 26.3 Å². The average molecular weight is 251 g/mol. The Morgan fingerprint density at radius 2 is 2.28 bits per heavy atom. The van der Waals surface area contributed by atoms with Crippen LogP contribution in [0.5, 0.6) is 0 Å². The molecule has 0 aliphatic heterocycles. The molecule has 1 N–H and O–H groups in total. The van der Waals surface area contributed by atoms with Gasteiger partial charge in [-0.2, -0.15) is 0 Å². The summed E-state index contributed by atoms with van der Waals surface area (Å²) in [5, 5.41) is 3.37. The molecule has 4 nitrogen and oxygen atoms in total. The van der Waals surface area contributed by atoms with Crippen LogP contribution in [0.3, 0.4) is 0 Å². The summed E-state index contributed by atoms with van der Waals surface area (Å²) in [5.74, 6) is 1.01. The fourth-order valence-electron chi connectivity index (χ4n) is 1.82. The number of nitrogens with zero attached hydrogens (tertiary/aromatic N) is 2. The highest BCUT2D eigenvalue weighted by atomic mass is 16.5. The third-order valence-electron chi connectivity index (χ3n) is 2.76. The lowest BCUT2D eigenvalue weighted by molar-refractivity contribution is 0.178. The first-order valence-electron chi connectivity index (χ1n) is 6.63. The molecule has 1 aromatic heterocycles. The van der Waals surface area contributed by atoms with Gasteiger partial charge in [0.1, 0.15) is 5.82 Å². The molecule has 0 amide bonds. The number of aromatic nitrogens is 1. The van der Waals surface area contributed by atoms with Gasteiger partial charge in [-0.15, -0.1) is 0 Å². The highest BCUT2D eigenvalue weighted by Crippen LogP contribution is 2.13. The van der Waals surface area contributed by atoms with Crippen LogP contribution in [0.2, 0.25) is 0 Å². The van der Waals surface area contributed by atoms with E-state index in [4.69, 9.17) is 4.74 Å². The van der Waals surface area contributed by atoms with Crippen molar-refractivity contribution in [1.82, 2.24) is 9.88 Å². The molecule has 1 heterocycles. The zero-order chi connectivity index (χ0) is 13.2. The Balaban J connectivity index is 2.49. The number of pyridine rings is 1. The number of methoxy groups -OCH3 is 1. The lowest BCUT2D eigenvalue weighted by Crippen LogP contribution is -2.21. The fraction of sp³-hybridized carbons (Fsp3) is 0.643. The molecule has 4 heteroatoms. The minimum absolute atomic E-state index is 0.818. The Kier molecular flexibility index (Phi) is 7.37. The van der Waals surface area contributed by atoms with Gasteiger partial charge in [0.2, 0.25) is 0 Å². The fourth-order valence-corrected chi connectivity index (χ4v) is 1.82. The summed E-state index contributed by atoms with van der Waals surface area (Å²) >= 11 is 0. The summed E-state index contributed by atoms with van der Waals surface area (Å²) in [5.41, 5.74) is 1.26. The van der Waals surface area contributed by atoms with Crippen LogP contribution in [0.25, 0.3) is 0 Å². The van der Waals surface area contributed by atoms with Crippen molar-refractivity contribution >= 4 is 5.82 Å². The second kappa shape index (κ2) is 8.89. The molecule has 0 bridgehead atoms. The van der Waals surface area contributed by atoms with E-state index < -0.39 is 0 Å². The molecule has 0 aliphatic carbocycles.